The van der Waals surface area contributed by atoms with Gasteiger partial charge in [-0.25, -0.2) is 0 Å². The van der Waals surface area contributed by atoms with Gasteiger partial charge in [0.2, 0.25) is 0 Å². The molecule has 0 radical (unpaired) electrons. The Hall–Kier alpha value is -0.0800. The predicted octanol–water partition coefficient (Wildman–Crippen LogP) is 2.07. The molecule has 2 N–H and O–H groups in total. The molecule has 0 aromatic heterocycles. The lowest BCUT2D eigenvalue weighted by Crippen LogP contribution is -2.36. The van der Waals surface area contributed by atoms with Crippen LogP contribution >= 0.6 is 0 Å². The molecule has 12 heavy (non-hydrogen) atoms. The van der Waals surface area contributed by atoms with Crippen LogP contribution in [0.15, 0.2) is 0 Å². The van der Waals surface area contributed by atoms with Crippen LogP contribution in [0.4, 0.5) is 0 Å². The van der Waals surface area contributed by atoms with E-state index in [0.29, 0.717) is 12.1 Å². The second-order valence-corrected chi connectivity index (χ2v) is 4.78. The molecule has 2 nitrogen and oxygen atoms in total. The Morgan fingerprint density at radius 2 is 1.92 bits per heavy atom. The van der Waals surface area contributed by atoms with E-state index in [1.54, 1.807) is 0 Å². The molecule has 1 rings (SSSR count). The molecule has 0 heterocycles. The summed E-state index contributed by atoms with van der Waals surface area (Å²) >= 11 is 0. The molecule has 2 heteroatoms. The van der Waals surface area contributed by atoms with Crippen molar-refractivity contribution in [2.75, 3.05) is 0 Å². The van der Waals surface area contributed by atoms with E-state index < -0.39 is 0 Å². The van der Waals surface area contributed by atoms with Crippen LogP contribution in [0.2, 0.25) is 0 Å². The smallest absolute Gasteiger partial charge is 0.0602 e. The molecular formula is C10H21NO. The molecular weight excluding hydrogens is 150 g/mol. The summed E-state index contributed by atoms with van der Waals surface area (Å²) in [6.07, 6.45) is 5.02. The van der Waals surface area contributed by atoms with Crippen LogP contribution in [-0.4, -0.2) is 17.7 Å². The Balaban J connectivity index is 2.32. The third-order valence-corrected chi connectivity index (χ3v) is 2.19. The summed E-state index contributed by atoms with van der Waals surface area (Å²) in [6.45, 7) is 6.31. The minimum absolute atomic E-state index is 0.0122. The lowest BCUT2D eigenvalue weighted by atomic mass is 9.93. The van der Waals surface area contributed by atoms with Gasteiger partial charge in [0.15, 0.2) is 0 Å². The lowest BCUT2D eigenvalue weighted by molar-refractivity contribution is -0.0757. The van der Waals surface area contributed by atoms with E-state index in [1.165, 1.54) is 19.3 Å². The first-order valence-corrected chi connectivity index (χ1v) is 4.91. The maximum Gasteiger partial charge on any atom is 0.0602 e. The normalized spacial score (nSPS) is 32.0. The molecule has 0 aliphatic heterocycles. The Bertz CT molecular complexity index is 139. The highest BCUT2D eigenvalue weighted by Crippen LogP contribution is 2.23. The third kappa shape index (κ3) is 3.55. The van der Waals surface area contributed by atoms with Crippen molar-refractivity contribution in [3.8, 4) is 0 Å². The van der Waals surface area contributed by atoms with Gasteiger partial charge in [-0.15, -0.1) is 0 Å². The van der Waals surface area contributed by atoms with E-state index in [0.717, 1.165) is 6.42 Å². The minimum atomic E-state index is -0.0122. The lowest BCUT2D eigenvalue weighted by Gasteiger charge is -2.32. The van der Waals surface area contributed by atoms with Crippen LogP contribution in [-0.2, 0) is 4.74 Å². The number of rotatable bonds is 1. The number of nitrogens with two attached hydrogens (primary N) is 1. The molecule has 0 aromatic rings. The van der Waals surface area contributed by atoms with Crippen molar-refractivity contribution in [2.45, 2.75) is 64.2 Å². The highest BCUT2D eigenvalue weighted by molar-refractivity contribution is 4.77. The average Bonchev–Trinajstić information content (AvgIpc) is 1.82. The van der Waals surface area contributed by atoms with Crippen molar-refractivity contribution in [3.05, 3.63) is 0 Å². The first-order valence-electron chi connectivity index (χ1n) is 4.91. The molecule has 72 valence electrons. The Labute approximate surface area is 75.5 Å². The second-order valence-electron chi connectivity index (χ2n) is 4.78. The fourth-order valence-corrected chi connectivity index (χ4v) is 1.79. The molecule has 0 saturated heterocycles. The van der Waals surface area contributed by atoms with Gasteiger partial charge in [0, 0.05) is 6.04 Å². The van der Waals surface area contributed by atoms with Gasteiger partial charge in [0.05, 0.1) is 11.7 Å². The summed E-state index contributed by atoms with van der Waals surface area (Å²) in [5, 5.41) is 0. The van der Waals surface area contributed by atoms with Gasteiger partial charge in [0.25, 0.3) is 0 Å². The second kappa shape index (κ2) is 3.75. The SMILES string of the molecule is CC(C)(C)O[C@@H]1CCC[C@@H](N)C1. The summed E-state index contributed by atoms with van der Waals surface area (Å²) in [5.74, 6) is 0. The highest BCUT2D eigenvalue weighted by atomic mass is 16.5. The zero-order valence-corrected chi connectivity index (χ0v) is 8.47. The van der Waals surface area contributed by atoms with Crippen LogP contribution in [0.3, 0.4) is 0 Å². The zero-order chi connectivity index (χ0) is 9.19. The van der Waals surface area contributed by atoms with Gasteiger partial charge in [-0.05, 0) is 46.5 Å². The summed E-state index contributed by atoms with van der Waals surface area (Å²) < 4.78 is 5.87. The number of hydrogen-bond donors (Lipinski definition) is 1. The molecule has 1 aliphatic carbocycles. The summed E-state index contributed by atoms with van der Waals surface area (Å²) in [6, 6.07) is 0.367. The molecule has 0 bridgehead atoms. The molecule has 0 spiro atoms. The maximum atomic E-state index is 5.87. The van der Waals surface area contributed by atoms with E-state index in [2.05, 4.69) is 20.8 Å². The minimum Gasteiger partial charge on any atom is -0.373 e. The van der Waals surface area contributed by atoms with Crippen LogP contribution in [0.25, 0.3) is 0 Å². The van der Waals surface area contributed by atoms with Crippen molar-refractivity contribution >= 4 is 0 Å². The Morgan fingerprint density at radius 1 is 1.25 bits per heavy atom. The van der Waals surface area contributed by atoms with Gasteiger partial charge in [-0.1, -0.05) is 0 Å². The van der Waals surface area contributed by atoms with Gasteiger partial charge in [-0.2, -0.15) is 0 Å². The summed E-state index contributed by atoms with van der Waals surface area (Å²) in [5.41, 5.74) is 5.85. The average molecular weight is 171 g/mol. The third-order valence-electron chi connectivity index (χ3n) is 2.19. The number of hydrogen-bond acceptors (Lipinski definition) is 2. The van der Waals surface area contributed by atoms with Crippen LogP contribution in [0.1, 0.15) is 46.5 Å². The molecule has 0 amide bonds. The van der Waals surface area contributed by atoms with E-state index >= 15 is 0 Å². The van der Waals surface area contributed by atoms with Crippen LogP contribution in [0, 0.1) is 0 Å². The molecule has 2 atom stereocenters. The molecule has 1 saturated carbocycles. The predicted molar refractivity (Wildman–Crippen MR) is 51.1 cm³/mol. The van der Waals surface area contributed by atoms with Gasteiger partial charge in [-0.3, -0.25) is 0 Å². The summed E-state index contributed by atoms with van der Waals surface area (Å²) in [4.78, 5) is 0. The van der Waals surface area contributed by atoms with E-state index in [-0.39, 0.29) is 5.60 Å². The molecule has 1 fully saturated rings. The van der Waals surface area contributed by atoms with Crippen molar-refractivity contribution < 1.29 is 4.74 Å². The first-order chi connectivity index (χ1) is 5.47. The zero-order valence-electron chi connectivity index (χ0n) is 8.47. The van der Waals surface area contributed by atoms with Crippen LogP contribution < -0.4 is 5.73 Å². The quantitative estimate of drug-likeness (QED) is 0.655. The van der Waals surface area contributed by atoms with Gasteiger partial charge < -0.3 is 10.5 Å². The molecule has 0 aromatic carbocycles. The first kappa shape index (κ1) is 10.0. The maximum absolute atomic E-state index is 5.87. The van der Waals surface area contributed by atoms with Crippen molar-refractivity contribution in [2.24, 2.45) is 5.73 Å². The standard InChI is InChI=1S/C10H21NO/c1-10(2,3)12-9-6-4-5-8(11)7-9/h8-9H,4-7,11H2,1-3H3/t8-,9-/m1/s1. The van der Waals surface area contributed by atoms with Crippen molar-refractivity contribution in [1.29, 1.82) is 0 Å². The van der Waals surface area contributed by atoms with E-state index in [4.69, 9.17) is 10.5 Å². The van der Waals surface area contributed by atoms with Gasteiger partial charge >= 0.3 is 0 Å². The van der Waals surface area contributed by atoms with Crippen molar-refractivity contribution in [3.63, 3.8) is 0 Å². The monoisotopic (exact) mass is 171 g/mol. The largest absolute Gasteiger partial charge is 0.373 e. The Morgan fingerprint density at radius 3 is 2.42 bits per heavy atom. The summed E-state index contributed by atoms with van der Waals surface area (Å²) in [7, 11) is 0. The van der Waals surface area contributed by atoms with Crippen LogP contribution in [0.5, 0.6) is 0 Å². The molecule has 1 aliphatic rings. The van der Waals surface area contributed by atoms with Crippen molar-refractivity contribution in [1.82, 2.24) is 0 Å². The number of ether oxygens (including phenoxy) is 1. The van der Waals surface area contributed by atoms with Gasteiger partial charge in [0.1, 0.15) is 0 Å². The molecule has 0 unspecified atom stereocenters. The highest BCUT2D eigenvalue weighted by Gasteiger charge is 2.24. The topological polar surface area (TPSA) is 35.2 Å². The Kier molecular flexibility index (Phi) is 3.13. The fraction of sp³-hybridized carbons (Fsp3) is 1.00. The van der Waals surface area contributed by atoms with E-state index in [1.807, 2.05) is 0 Å². The van der Waals surface area contributed by atoms with E-state index in [9.17, 15) is 0 Å². The fourth-order valence-electron chi connectivity index (χ4n) is 1.79.